The maximum Gasteiger partial charge on any atom is 0.0526 e. The Kier molecular flexibility index (Phi) is 3.33. The van der Waals surface area contributed by atoms with Gasteiger partial charge in [0.25, 0.3) is 0 Å². The van der Waals surface area contributed by atoms with Crippen molar-refractivity contribution in [3.63, 3.8) is 0 Å². The first kappa shape index (κ1) is 12.7. The molecule has 0 aliphatic carbocycles. The number of likely N-dealkylation sites (N-methyl/N-ethyl adjacent to an activating group) is 1. The van der Waals surface area contributed by atoms with Gasteiger partial charge in [0, 0.05) is 42.7 Å². The number of fused-ring (bicyclic) bond motifs is 3. The molecule has 0 spiro atoms. The molecule has 0 saturated heterocycles. The summed E-state index contributed by atoms with van der Waals surface area (Å²) >= 11 is 0. The zero-order valence-corrected chi connectivity index (χ0v) is 11.8. The first-order valence-corrected chi connectivity index (χ1v) is 7.15. The summed E-state index contributed by atoms with van der Waals surface area (Å²) < 4.78 is 2.28. The molecule has 1 unspecified atom stereocenters. The van der Waals surface area contributed by atoms with E-state index in [-0.39, 0.29) is 12.5 Å². The summed E-state index contributed by atoms with van der Waals surface area (Å²) in [5.74, 6) is 0.231. The largest absolute Gasteiger partial charge is 0.396 e. The van der Waals surface area contributed by atoms with Crippen LogP contribution < -0.4 is 0 Å². The van der Waals surface area contributed by atoms with Crippen molar-refractivity contribution >= 4 is 10.9 Å². The minimum Gasteiger partial charge on any atom is -0.396 e. The number of benzene rings is 1. The van der Waals surface area contributed by atoms with Crippen LogP contribution in [-0.4, -0.2) is 40.8 Å². The number of nitrogens with zero attached hydrogens (tertiary/aromatic N) is 2. The zero-order chi connectivity index (χ0) is 13.4. The third-order valence-electron chi connectivity index (χ3n) is 4.47. The van der Waals surface area contributed by atoms with Crippen molar-refractivity contribution in [1.82, 2.24) is 9.47 Å². The normalized spacial score (nSPS) is 20.5. The minimum absolute atomic E-state index is 0.230. The van der Waals surface area contributed by atoms with E-state index in [1.807, 2.05) is 0 Å². The van der Waals surface area contributed by atoms with Gasteiger partial charge in [-0.05, 0) is 24.6 Å². The Morgan fingerprint density at radius 1 is 1.32 bits per heavy atom. The molecule has 0 radical (unpaired) electrons. The van der Waals surface area contributed by atoms with Gasteiger partial charge >= 0.3 is 0 Å². The lowest BCUT2D eigenvalue weighted by Gasteiger charge is -2.22. The average Bonchev–Trinajstić information content (AvgIpc) is 2.63. The molecule has 2 aromatic rings. The molecule has 1 aromatic carbocycles. The SMILES string of the molecule is CCN1CCc2c(n(C)c3ccccc23)C(CO)C1. The maximum atomic E-state index is 9.79. The van der Waals surface area contributed by atoms with E-state index in [2.05, 4.69) is 47.7 Å². The summed E-state index contributed by atoms with van der Waals surface area (Å²) in [5.41, 5.74) is 4.06. The molecule has 1 aliphatic heterocycles. The van der Waals surface area contributed by atoms with E-state index in [0.717, 1.165) is 26.1 Å². The fourth-order valence-electron chi connectivity index (χ4n) is 3.47. The van der Waals surface area contributed by atoms with Crippen molar-refractivity contribution in [1.29, 1.82) is 0 Å². The Bertz CT molecular complexity index is 588. The number of hydrogen-bond donors (Lipinski definition) is 1. The van der Waals surface area contributed by atoms with Crippen molar-refractivity contribution in [2.24, 2.45) is 7.05 Å². The number of hydrogen-bond acceptors (Lipinski definition) is 2. The van der Waals surface area contributed by atoms with Gasteiger partial charge in [-0.15, -0.1) is 0 Å². The predicted octanol–water partition coefficient (Wildman–Crippen LogP) is 2.13. The van der Waals surface area contributed by atoms with Crippen molar-refractivity contribution in [3.05, 3.63) is 35.5 Å². The van der Waals surface area contributed by atoms with Crippen LogP contribution in [0, 0.1) is 0 Å². The molecule has 3 nitrogen and oxygen atoms in total. The molecule has 3 heteroatoms. The lowest BCUT2D eigenvalue weighted by Crippen LogP contribution is -2.29. The zero-order valence-electron chi connectivity index (χ0n) is 11.8. The Labute approximate surface area is 114 Å². The molecule has 102 valence electrons. The van der Waals surface area contributed by atoms with Crippen LogP contribution >= 0.6 is 0 Å². The molecule has 0 saturated carbocycles. The highest BCUT2D eigenvalue weighted by Gasteiger charge is 2.26. The van der Waals surface area contributed by atoms with Crippen LogP contribution in [0.4, 0.5) is 0 Å². The van der Waals surface area contributed by atoms with Crippen LogP contribution in [0.3, 0.4) is 0 Å². The van der Waals surface area contributed by atoms with E-state index in [9.17, 15) is 5.11 Å². The Morgan fingerprint density at radius 2 is 2.11 bits per heavy atom. The van der Waals surface area contributed by atoms with Gasteiger partial charge < -0.3 is 14.6 Å². The van der Waals surface area contributed by atoms with Crippen molar-refractivity contribution in [2.45, 2.75) is 19.3 Å². The van der Waals surface area contributed by atoms with E-state index < -0.39 is 0 Å². The van der Waals surface area contributed by atoms with Crippen LogP contribution in [0.25, 0.3) is 10.9 Å². The number of aromatic nitrogens is 1. The topological polar surface area (TPSA) is 28.4 Å². The van der Waals surface area contributed by atoms with E-state index in [1.165, 1.54) is 22.2 Å². The van der Waals surface area contributed by atoms with Crippen molar-refractivity contribution in [2.75, 3.05) is 26.2 Å². The van der Waals surface area contributed by atoms with Crippen molar-refractivity contribution in [3.8, 4) is 0 Å². The van der Waals surface area contributed by atoms with E-state index in [0.29, 0.717) is 0 Å². The molecule has 0 bridgehead atoms. The monoisotopic (exact) mass is 258 g/mol. The van der Waals surface area contributed by atoms with Crippen LogP contribution in [-0.2, 0) is 13.5 Å². The maximum absolute atomic E-state index is 9.79. The second-order valence-corrected chi connectivity index (χ2v) is 5.46. The molecular formula is C16H22N2O. The van der Waals surface area contributed by atoms with Gasteiger partial charge in [-0.1, -0.05) is 25.1 Å². The Morgan fingerprint density at radius 3 is 2.84 bits per heavy atom. The minimum atomic E-state index is 0.230. The number of rotatable bonds is 2. The molecular weight excluding hydrogens is 236 g/mol. The third kappa shape index (κ3) is 1.97. The van der Waals surface area contributed by atoms with Gasteiger partial charge in [0.05, 0.1) is 6.61 Å². The van der Waals surface area contributed by atoms with Crippen molar-refractivity contribution < 1.29 is 5.11 Å². The molecule has 0 amide bonds. The highest BCUT2D eigenvalue weighted by molar-refractivity contribution is 5.86. The summed E-state index contributed by atoms with van der Waals surface area (Å²) in [7, 11) is 2.13. The van der Waals surface area contributed by atoms with E-state index in [1.54, 1.807) is 0 Å². The van der Waals surface area contributed by atoms with Gasteiger partial charge in [0.2, 0.25) is 0 Å². The first-order chi connectivity index (χ1) is 9.26. The molecule has 1 aliphatic rings. The molecule has 1 atom stereocenters. The number of aliphatic hydroxyl groups excluding tert-OH is 1. The molecule has 19 heavy (non-hydrogen) atoms. The first-order valence-electron chi connectivity index (χ1n) is 7.15. The van der Waals surface area contributed by atoms with Crippen LogP contribution in [0.1, 0.15) is 24.1 Å². The van der Waals surface area contributed by atoms with Gasteiger partial charge in [-0.25, -0.2) is 0 Å². The number of aryl methyl sites for hydroxylation is 1. The highest BCUT2D eigenvalue weighted by atomic mass is 16.3. The average molecular weight is 258 g/mol. The Balaban J connectivity index is 2.18. The van der Waals surface area contributed by atoms with Crippen LogP contribution in [0.5, 0.6) is 0 Å². The standard InChI is InChI=1S/C16H22N2O/c1-3-18-9-8-14-13-6-4-5-7-15(13)17(2)16(14)12(10-18)11-19/h4-7,12,19H,3,8-11H2,1-2H3. The molecule has 2 heterocycles. The number of aliphatic hydroxyl groups is 1. The van der Waals surface area contributed by atoms with E-state index in [4.69, 9.17) is 0 Å². The third-order valence-corrected chi connectivity index (χ3v) is 4.47. The van der Waals surface area contributed by atoms with Crippen LogP contribution in [0.2, 0.25) is 0 Å². The summed E-state index contributed by atoms with van der Waals surface area (Å²) in [6.45, 7) is 5.54. The summed E-state index contributed by atoms with van der Waals surface area (Å²) in [6.07, 6.45) is 1.08. The Hall–Kier alpha value is -1.32. The van der Waals surface area contributed by atoms with Gasteiger partial charge in [0.15, 0.2) is 0 Å². The van der Waals surface area contributed by atoms with E-state index >= 15 is 0 Å². The quantitative estimate of drug-likeness (QED) is 0.894. The molecule has 3 rings (SSSR count). The second-order valence-electron chi connectivity index (χ2n) is 5.46. The van der Waals surface area contributed by atoms with Gasteiger partial charge in [0.1, 0.15) is 0 Å². The molecule has 1 aromatic heterocycles. The highest BCUT2D eigenvalue weighted by Crippen LogP contribution is 2.33. The van der Waals surface area contributed by atoms with Gasteiger partial charge in [-0.2, -0.15) is 0 Å². The smallest absolute Gasteiger partial charge is 0.0526 e. The predicted molar refractivity (Wildman–Crippen MR) is 78.6 cm³/mol. The second kappa shape index (κ2) is 4.99. The summed E-state index contributed by atoms with van der Waals surface area (Å²) in [6, 6.07) is 8.59. The van der Waals surface area contributed by atoms with Crippen LogP contribution in [0.15, 0.2) is 24.3 Å². The fraction of sp³-hybridized carbons (Fsp3) is 0.500. The lowest BCUT2D eigenvalue weighted by molar-refractivity contribution is 0.209. The number of para-hydroxylation sites is 1. The summed E-state index contributed by atoms with van der Waals surface area (Å²) in [5, 5.41) is 11.1. The summed E-state index contributed by atoms with van der Waals surface area (Å²) in [4.78, 5) is 2.44. The fourth-order valence-corrected chi connectivity index (χ4v) is 3.47. The lowest BCUT2D eigenvalue weighted by atomic mass is 10.0. The molecule has 1 N–H and O–H groups in total. The van der Waals surface area contributed by atoms with Gasteiger partial charge in [-0.3, -0.25) is 0 Å². The molecule has 0 fully saturated rings.